The van der Waals surface area contributed by atoms with Crippen molar-refractivity contribution in [3.8, 4) is 67.3 Å². The van der Waals surface area contributed by atoms with Crippen LogP contribution in [0.1, 0.15) is 0 Å². The van der Waals surface area contributed by atoms with Gasteiger partial charge in [0.05, 0.1) is 44.1 Å². The molecule has 0 N–H and O–H groups in total. The van der Waals surface area contributed by atoms with Crippen molar-refractivity contribution < 1.29 is 8.83 Å². The van der Waals surface area contributed by atoms with E-state index in [0.29, 0.717) is 0 Å². The van der Waals surface area contributed by atoms with Gasteiger partial charge in [-0.1, -0.05) is 200 Å². The first-order valence-corrected chi connectivity index (χ1v) is 32.9. The summed E-state index contributed by atoms with van der Waals surface area (Å²) in [7, 11) is 0. The summed E-state index contributed by atoms with van der Waals surface area (Å²) in [6.45, 7) is 0. The molecule has 0 aliphatic carbocycles. The van der Waals surface area contributed by atoms with Gasteiger partial charge in [-0.25, -0.2) is 0 Å². The van der Waals surface area contributed by atoms with Crippen LogP contribution in [0, 0.1) is 0 Å². The third-order valence-electron chi connectivity index (χ3n) is 20.4. The average molecular weight is 1220 g/mol. The van der Waals surface area contributed by atoms with E-state index in [1.807, 2.05) is 6.07 Å². The van der Waals surface area contributed by atoms with Crippen LogP contribution in [0.2, 0.25) is 0 Å². The highest BCUT2D eigenvalue weighted by molar-refractivity contribution is 6.31. The Balaban J connectivity index is 0.770. The monoisotopic (exact) mass is 1220 g/mol. The number of fused-ring (bicyclic) bond motifs is 20. The molecule has 0 spiro atoms. The van der Waals surface area contributed by atoms with Gasteiger partial charge in [-0.05, 0) is 166 Å². The van der Waals surface area contributed by atoms with Crippen LogP contribution in [0.4, 0.5) is 0 Å². The highest BCUT2D eigenvalue weighted by atomic mass is 16.3. The molecule has 6 aromatic heterocycles. The molecule has 0 amide bonds. The van der Waals surface area contributed by atoms with Crippen molar-refractivity contribution in [3.05, 3.63) is 328 Å². The number of nitrogens with zero attached hydrogens (tertiary/aromatic N) is 4. The lowest BCUT2D eigenvalue weighted by Crippen LogP contribution is -1.95. The summed E-state index contributed by atoms with van der Waals surface area (Å²) in [5.74, 6) is 0. The minimum atomic E-state index is 0.849. The largest absolute Gasteiger partial charge is 0.456 e. The van der Waals surface area contributed by atoms with Gasteiger partial charge < -0.3 is 27.1 Å². The van der Waals surface area contributed by atoms with Crippen LogP contribution in [-0.4, -0.2) is 18.3 Å². The van der Waals surface area contributed by atoms with Crippen molar-refractivity contribution >= 4 is 131 Å². The third-order valence-corrected chi connectivity index (χ3v) is 20.4. The molecular formula is C90H54N4O2. The zero-order chi connectivity index (χ0) is 62.7. The van der Waals surface area contributed by atoms with Gasteiger partial charge in [0.25, 0.3) is 0 Å². The fourth-order valence-corrected chi connectivity index (χ4v) is 16.3. The molecule has 0 aliphatic heterocycles. The zero-order valence-corrected chi connectivity index (χ0v) is 51.8. The van der Waals surface area contributed by atoms with Crippen LogP contribution in [0.25, 0.3) is 198 Å². The Morgan fingerprint density at radius 1 is 0.177 bits per heavy atom. The molecule has 21 rings (SSSR count). The molecule has 0 aliphatic rings. The van der Waals surface area contributed by atoms with E-state index in [-0.39, 0.29) is 0 Å². The summed E-state index contributed by atoms with van der Waals surface area (Å²) in [6, 6.07) is 119. The quantitative estimate of drug-likeness (QED) is 0.152. The Morgan fingerprint density at radius 3 is 1.12 bits per heavy atom. The highest BCUT2D eigenvalue weighted by Crippen LogP contribution is 2.49. The maximum absolute atomic E-state index is 7.20. The van der Waals surface area contributed by atoms with Crippen LogP contribution in [0.15, 0.2) is 336 Å². The summed E-state index contributed by atoms with van der Waals surface area (Å²) in [5, 5.41) is 14.1. The van der Waals surface area contributed by atoms with Crippen LogP contribution < -0.4 is 0 Å². The van der Waals surface area contributed by atoms with E-state index in [2.05, 4.69) is 340 Å². The molecule has 6 nitrogen and oxygen atoms in total. The maximum Gasteiger partial charge on any atom is 0.143 e. The number of hydrogen-bond acceptors (Lipinski definition) is 2. The number of furan rings is 2. The van der Waals surface area contributed by atoms with Gasteiger partial charge >= 0.3 is 0 Å². The van der Waals surface area contributed by atoms with Crippen LogP contribution >= 0.6 is 0 Å². The van der Waals surface area contributed by atoms with Gasteiger partial charge in [-0.15, -0.1) is 0 Å². The molecule has 0 fully saturated rings. The first kappa shape index (κ1) is 52.7. The number of aromatic nitrogens is 4. The Hall–Kier alpha value is -12.9. The molecule has 6 heterocycles. The SMILES string of the molecule is c1ccc(-c2ccc(-n3c4ccccc4c4c5c6cc(-c7ccc(-c8cccc(-n9c%10ccccc%10c%10c%11c%12ccccc%12n(-c%12ccccc%12)c%11ccc%109)c8)c8c7oc7ccccc78)ccc6n(-c6cccc(-c7cccc8oc9ccccc9c78)c6)c5ccc43)cc2)cc1. The first-order valence-electron chi connectivity index (χ1n) is 32.9. The second-order valence-electron chi connectivity index (χ2n) is 25.4. The van der Waals surface area contributed by atoms with E-state index in [4.69, 9.17) is 8.83 Å². The summed E-state index contributed by atoms with van der Waals surface area (Å²) in [4.78, 5) is 0. The molecule has 0 saturated heterocycles. The number of para-hydroxylation sites is 6. The second kappa shape index (κ2) is 20.3. The van der Waals surface area contributed by atoms with Gasteiger partial charge in [-0.3, -0.25) is 0 Å². The van der Waals surface area contributed by atoms with Crippen LogP contribution in [-0.2, 0) is 0 Å². The lowest BCUT2D eigenvalue weighted by atomic mass is 9.93. The van der Waals surface area contributed by atoms with Crippen LogP contribution in [0.5, 0.6) is 0 Å². The number of benzene rings is 15. The van der Waals surface area contributed by atoms with Gasteiger partial charge in [0, 0.05) is 92.9 Å². The molecule has 21 aromatic rings. The zero-order valence-electron chi connectivity index (χ0n) is 51.8. The summed E-state index contributed by atoms with van der Waals surface area (Å²) in [5.41, 5.74) is 26.0. The predicted molar refractivity (Wildman–Crippen MR) is 400 cm³/mol. The summed E-state index contributed by atoms with van der Waals surface area (Å²) in [6.07, 6.45) is 0. The van der Waals surface area contributed by atoms with Gasteiger partial charge in [0.15, 0.2) is 0 Å². The average Bonchev–Trinajstić information content (AvgIpc) is 1.55. The third kappa shape index (κ3) is 7.57. The lowest BCUT2D eigenvalue weighted by molar-refractivity contribution is 0.669. The normalized spacial score (nSPS) is 12.2. The number of rotatable bonds is 8. The van der Waals surface area contributed by atoms with E-state index in [0.717, 1.165) is 138 Å². The fourth-order valence-electron chi connectivity index (χ4n) is 16.3. The predicted octanol–water partition coefficient (Wildman–Crippen LogP) is 24.5. The molecule has 0 saturated carbocycles. The van der Waals surface area contributed by atoms with Gasteiger partial charge in [0.1, 0.15) is 22.3 Å². The maximum atomic E-state index is 7.20. The Kier molecular flexibility index (Phi) is 11.1. The minimum Gasteiger partial charge on any atom is -0.456 e. The molecular weight excluding hydrogens is 1170 g/mol. The number of hydrogen-bond donors (Lipinski definition) is 0. The van der Waals surface area contributed by atoms with E-state index in [1.165, 1.54) is 59.9 Å². The highest BCUT2D eigenvalue weighted by Gasteiger charge is 2.26. The van der Waals surface area contributed by atoms with Gasteiger partial charge in [-0.2, -0.15) is 0 Å². The molecule has 15 aromatic carbocycles. The van der Waals surface area contributed by atoms with E-state index in [9.17, 15) is 0 Å². The summed E-state index contributed by atoms with van der Waals surface area (Å²) < 4.78 is 23.4. The van der Waals surface area contributed by atoms with Crippen molar-refractivity contribution in [2.45, 2.75) is 0 Å². The Labute approximate surface area is 549 Å². The smallest absolute Gasteiger partial charge is 0.143 e. The lowest BCUT2D eigenvalue weighted by Gasteiger charge is -2.13. The van der Waals surface area contributed by atoms with Crippen molar-refractivity contribution in [2.75, 3.05) is 0 Å². The molecule has 96 heavy (non-hydrogen) atoms. The van der Waals surface area contributed by atoms with E-state index in [1.54, 1.807) is 0 Å². The Morgan fingerprint density at radius 2 is 0.542 bits per heavy atom. The van der Waals surface area contributed by atoms with Gasteiger partial charge in [0.2, 0.25) is 0 Å². The summed E-state index contributed by atoms with van der Waals surface area (Å²) >= 11 is 0. The molecule has 6 heteroatoms. The Bertz CT molecular complexity index is 6810. The van der Waals surface area contributed by atoms with Crippen molar-refractivity contribution in [3.63, 3.8) is 0 Å². The molecule has 0 atom stereocenters. The molecule has 0 unspecified atom stereocenters. The minimum absolute atomic E-state index is 0.849. The second-order valence-corrected chi connectivity index (χ2v) is 25.4. The van der Waals surface area contributed by atoms with Crippen molar-refractivity contribution in [1.82, 2.24) is 18.3 Å². The molecule has 0 radical (unpaired) electrons. The topological polar surface area (TPSA) is 46.0 Å². The first-order chi connectivity index (χ1) is 47.6. The standard InChI is InChI=1S/C90H54N4O2/c1-3-20-55(21-4-1)56-40-43-61(44-41-56)92-74-35-13-8-29-68(74)88-78(92)49-51-80-89(88)72-54-59(42-47-76(72)94(80)63-27-17-22-57(52-63)64-33-19-39-83-84(64)70-31-10-15-37-81(70)95-83)66-46-45-65(85-71-32-11-16-38-82(71)96-90(66)85)58-23-18-26-62(53-58)93-75-36-14-9-30-69(75)87-79(93)50-48-77-86(87)67-28-7-12-34-73(67)91(77)60-24-5-2-6-25-60/h1-54H. The van der Waals surface area contributed by atoms with Crippen molar-refractivity contribution in [2.24, 2.45) is 0 Å². The fraction of sp³-hybridized carbons (Fsp3) is 0. The molecule has 446 valence electrons. The molecule has 0 bridgehead atoms. The van der Waals surface area contributed by atoms with Crippen LogP contribution in [0.3, 0.4) is 0 Å². The van der Waals surface area contributed by atoms with Crippen molar-refractivity contribution in [1.29, 1.82) is 0 Å². The van der Waals surface area contributed by atoms with E-state index >= 15 is 0 Å². The van der Waals surface area contributed by atoms with E-state index < -0.39 is 0 Å².